The van der Waals surface area contributed by atoms with Crippen molar-refractivity contribution in [3.8, 4) is 5.75 Å². The molecule has 22 heavy (non-hydrogen) atoms. The van der Waals surface area contributed by atoms with E-state index in [0.29, 0.717) is 17.2 Å². The van der Waals surface area contributed by atoms with E-state index >= 15 is 0 Å². The standard InChI is InChI=1S/C13H12F4N4O/c1-8-19-20-9(2)21(8)18-7-10-4-3-5-11(6-10)22-13(16,17)12(14)15/h3-7,12H,1-2H3. The van der Waals surface area contributed by atoms with Crippen molar-refractivity contribution in [2.75, 3.05) is 0 Å². The molecule has 0 saturated carbocycles. The molecule has 9 heteroatoms. The van der Waals surface area contributed by atoms with Crippen LogP contribution in [0.5, 0.6) is 5.75 Å². The molecule has 5 nitrogen and oxygen atoms in total. The topological polar surface area (TPSA) is 52.3 Å². The summed E-state index contributed by atoms with van der Waals surface area (Å²) in [6.45, 7) is 3.39. The molecule has 1 heterocycles. The Morgan fingerprint density at radius 3 is 2.45 bits per heavy atom. The van der Waals surface area contributed by atoms with Gasteiger partial charge in [0.2, 0.25) is 0 Å². The molecule has 0 N–H and O–H groups in total. The molecule has 0 aliphatic carbocycles. The predicted octanol–water partition coefficient (Wildman–Crippen LogP) is 3.01. The van der Waals surface area contributed by atoms with Gasteiger partial charge in [0.15, 0.2) is 11.6 Å². The number of rotatable bonds is 5. The second kappa shape index (κ2) is 6.12. The Bertz CT molecular complexity index is 665. The molecule has 0 amide bonds. The van der Waals surface area contributed by atoms with Crippen LogP contribution < -0.4 is 4.74 Å². The van der Waals surface area contributed by atoms with Crippen molar-refractivity contribution in [3.05, 3.63) is 41.5 Å². The Balaban J connectivity index is 2.19. The summed E-state index contributed by atoms with van der Waals surface area (Å²) in [6.07, 6.45) is -7.10. The minimum absolute atomic E-state index is 0.383. The number of aryl methyl sites for hydroxylation is 2. The Kier molecular flexibility index (Phi) is 4.43. The molecule has 0 aliphatic heterocycles. The molecule has 2 aromatic rings. The number of alkyl halides is 4. The van der Waals surface area contributed by atoms with E-state index in [9.17, 15) is 17.6 Å². The monoisotopic (exact) mass is 316 g/mol. The molecule has 2 rings (SSSR count). The van der Waals surface area contributed by atoms with E-state index in [1.54, 1.807) is 19.9 Å². The molecule has 1 aromatic heterocycles. The average Bonchev–Trinajstić information content (AvgIpc) is 2.75. The molecule has 0 fully saturated rings. The molecule has 0 unspecified atom stereocenters. The van der Waals surface area contributed by atoms with Crippen LogP contribution in [0.25, 0.3) is 0 Å². The maximum absolute atomic E-state index is 12.9. The highest BCUT2D eigenvalue weighted by Gasteiger charge is 2.43. The Morgan fingerprint density at radius 1 is 1.23 bits per heavy atom. The van der Waals surface area contributed by atoms with E-state index in [4.69, 9.17) is 0 Å². The van der Waals surface area contributed by atoms with Gasteiger partial charge in [-0.3, -0.25) is 0 Å². The lowest BCUT2D eigenvalue weighted by molar-refractivity contribution is -0.253. The number of aromatic nitrogens is 3. The van der Waals surface area contributed by atoms with Gasteiger partial charge >= 0.3 is 12.5 Å². The van der Waals surface area contributed by atoms with Gasteiger partial charge in [-0.1, -0.05) is 12.1 Å². The highest BCUT2D eigenvalue weighted by atomic mass is 19.3. The van der Waals surface area contributed by atoms with Gasteiger partial charge in [0.05, 0.1) is 6.21 Å². The summed E-state index contributed by atoms with van der Waals surface area (Å²) in [5.74, 6) is 0.710. The van der Waals surface area contributed by atoms with Crippen molar-refractivity contribution in [2.45, 2.75) is 26.4 Å². The highest BCUT2D eigenvalue weighted by molar-refractivity contribution is 5.80. The van der Waals surface area contributed by atoms with Crippen LogP contribution in [0, 0.1) is 13.8 Å². The quantitative estimate of drug-likeness (QED) is 0.629. The first-order chi connectivity index (χ1) is 10.3. The van der Waals surface area contributed by atoms with Gasteiger partial charge in [0.25, 0.3) is 0 Å². The minimum Gasteiger partial charge on any atom is -0.428 e. The summed E-state index contributed by atoms with van der Waals surface area (Å²) in [5, 5.41) is 11.7. The fourth-order valence-electron chi connectivity index (χ4n) is 1.62. The fraction of sp³-hybridized carbons (Fsp3) is 0.308. The van der Waals surface area contributed by atoms with E-state index in [1.807, 2.05) is 0 Å². The fourth-order valence-corrected chi connectivity index (χ4v) is 1.62. The molecule has 0 radical (unpaired) electrons. The lowest BCUT2D eigenvalue weighted by atomic mass is 10.2. The zero-order valence-electron chi connectivity index (χ0n) is 11.7. The van der Waals surface area contributed by atoms with Crippen molar-refractivity contribution < 1.29 is 22.3 Å². The Hall–Kier alpha value is -2.45. The number of ether oxygens (including phenoxy) is 1. The minimum atomic E-state index is -4.54. The molecule has 0 saturated heterocycles. The zero-order valence-corrected chi connectivity index (χ0v) is 11.7. The van der Waals surface area contributed by atoms with Crippen molar-refractivity contribution >= 4 is 6.21 Å². The van der Waals surface area contributed by atoms with Gasteiger partial charge in [-0.15, -0.1) is 10.2 Å². The molecule has 0 atom stereocenters. The Morgan fingerprint density at radius 2 is 1.86 bits per heavy atom. The lowest BCUT2D eigenvalue weighted by Gasteiger charge is -2.16. The van der Waals surface area contributed by atoms with Gasteiger partial charge in [-0.2, -0.15) is 22.7 Å². The van der Waals surface area contributed by atoms with Crippen LogP contribution in [-0.2, 0) is 0 Å². The van der Waals surface area contributed by atoms with Gasteiger partial charge < -0.3 is 4.74 Å². The van der Waals surface area contributed by atoms with Crippen LogP contribution in [0.1, 0.15) is 17.2 Å². The normalized spacial score (nSPS) is 12.3. The third kappa shape index (κ3) is 3.60. The maximum Gasteiger partial charge on any atom is 0.461 e. The molecule has 0 aliphatic rings. The number of nitrogens with zero attached hydrogens (tertiary/aromatic N) is 4. The molecule has 118 valence electrons. The average molecular weight is 316 g/mol. The van der Waals surface area contributed by atoms with Crippen LogP contribution in [0.2, 0.25) is 0 Å². The third-order valence-corrected chi connectivity index (χ3v) is 2.64. The smallest absolute Gasteiger partial charge is 0.428 e. The molecule has 0 bridgehead atoms. The van der Waals surface area contributed by atoms with E-state index in [2.05, 4.69) is 20.0 Å². The van der Waals surface area contributed by atoms with Gasteiger partial charge in [-0.25, -0.2) is 4.68 Å². The maximum atomic E-state index is 12.9. The predicted molar refractivity (Wildman–Crippen MR) is 70.5 cm³/mol. The molecule has 1 aromatic carbocycles. The summed E-state index contributed by atoms with van der Waals surface area (Å²) >= 11 is 0. The second-order valence-corrected chi connectivity index (χ2v) is 4.39. The van der Waals surface area contributed by atoms with E-state index in [1.165, 1.54) is 23.0 Å². The second-order valence-electron chi connectivity index (χ2n) is 4.39. The SMILES string of the molecule is Cc1nnc(C)n1N=Cc1cccc(OC(F)(F)C(F)F)c1. The third-order valence-electron chi connectivity index (χ3n) is 2.64. The molecule has 0 spiro atoms. The summed E-state index contributed by atoms with van der Waals surface area (Å²) < 4.78 is 55.4. The van der Waals surface area contributed by atoms with E-state index in [0.717, 1.165) is 6.07 Å². The van der Waals surface area contributed by atoms with Crippen LogP contribution in [0.4, 0.5) is 17.6 Å². The highest BCUT2D eigenvalue weighted by Crippen LogP contribution is 2.27. The number of hydrogen-bond acceptors (Lipinski definition) is 4. The van der Waals surface area contributed by atoms with Crippen LogP contribution in [0.15, 0.2) is 29.4 Å². The number of halogens is 4. The summed E-state index contributed by atoms with van der Waals surface area (Å²) in [4.78, 5) is 0. The van der Waals surface area contributed by atoms with Gasteiger partial charge in [0.1, 0.15) is 5.75 Å². The van der Waals surface area contributed by atoms with Gasteiger partial charge in [-0.05, 0) is 31.5 Å². The Labute approximate surface area is 123 Å². The summed E-state index contributed by atoms with van der Waals surface area (Å²) in [5.41, 5.74) is 0.398. The van der Waals surface area contributed by atoms with E-state index in [-0.39, 0.29) is 5.75 Å². The van der Waals surface area contributed by atoms with E-state index < -0.39 is 12.5 Å². The summed E-state index contributed by atoms with van der Waals surface area (Å²) in [7, 11) is 0. The van der Waals surface area contributed by atoms with Crippen LogP contribution >= 0.6 is 0 Å². The van der Waals surface area contributed by atoms with Crippen molar-refractivity contribution in [2.24, 2.45) is 5.10 Å². The van der Waals surface area contributed by atoms with Gasteiger partial charge in [0, 0.05) is 0 Å². The zero-order chi connectivity index (χ0) is 16.3. The molecular weight excluding hydrogens is 304 g/mol. The first-order valence-corrected chi connectivity index (χ1v) is 6.17. The first-order valence-electron chi connectivity index (χ1n) is 6.17. The number of benzene rings is 1. The van der Waals surface area contributed by atoms with Crippen molar-refractivity contribution in [3.63, 3.8) is 0 Å². The lowest BCUT2D eigenvalue weighted by Crippen LogP contribution is -2.33. The van der Waals surface area contributed by atoms with Crippen molar-refractivity contribution in [1.82, 2.24) is 14.9 Å². The summed E-state index contributed by atoms with van der Waals surface area (Å²) in [6, 6.07) is 5.29. The largest absolute Gasteiger partial charge is 0.461 e. The van der Waals surface area contributed by atoms with Crippen LogP contribution in [0.3, 0.4) is 0 Å². The molecular formula is C13H12F4N4O. The first kappa shape index (κ1) is 15.9. The van der Waals surface area contributed by atoms with Crippen LogP contribution in [-0.4, -0.2) is 33.6 Å². The van der Waals surface area contributed by atoms with Crippen molar-refractivity contribution in [1.29, 1.82) is 0 Å². The number of hydrogen-bond donors (Lipinski definition) is 0.